The smallest absolute Gasteiger partial charge is 0.323 e. The van der Waals surface area contributed by atoms with E-state index >= 15 is 0 Å². The summed E-state index contributed by atoms with van der Waals surface area (Å²) in [5.41, 5.74) is 3.25. The van der Waals surface area contributed by atoms with Crippen LogP contribution in [0.2, 0.25) is 0 Å². The van der Waals surface area contributed by atoms with Gasteiger partial charge in [-0.1, -0.05) is 45.2 Å². The molecule has 0 saturated heterocycles. The van der Waals surface area contributed by atoms with E-state index in [9.17, 15) is 9.59 Å². The van der Waals surface area contributed by atoms with Crippen LogP contribution in [0.15, 0.2) is 30.3 Å². The Morgan fingerprint density at radius 1 is 0.974 bits per heavy atom. The van der Waals surface area contributed by atoms with Gasteiger partial charge in [0.2, 0.25) is 0 Å². The Labute approximate surface area is 234 Å². The molecule has 1 amide bonds. The molecule has 0 radical (unpaired) electrons. The number of benzene rings is 1. The van der Waals surface area contributed by atoms with Crippen LogP contribution in [0.5, 0.6) is 5.75 Å². The average molecular weight is 545 g/mol. The maximum atomic E-state index is 13.0. The van der Waals surface area contributed by atoms with Crippen LogP contribution in [-0.2, 0) is 23.9 Å². The summed E-state index contributed by atoms with van der Waals surface area (Å²) in [4.78, 5) is 30.1. The van der Waals surface area contributed by atoms with Crippen molar-refractivity contribution in [3.8, 4) is 5.75 Å². The van der Waals surface area contributed by atoms with E-state index in [1.807, 2.05) is 38.1 Å². The summed E-state index contributed by atoms with van der Waals surface area (Å²) in [6.07, 6.45) is 13.7. The van der Waals surface area contributed by atoms with E-state index in [0.29, 0.717) is 31.6 Å². The van der Waals surface area contributed by atoms with Gasteiger partial charge < -0.3 is 19.5 Å². The number of hydroxylamine groups is 1. The van der Waals surface area contributed by atoms with Crippen molar-refractivity contribution >= 4 is 18.0 Å². The second kappa shape index (κ2) is 17.3. The number of carbonyl (C=O) groups is 2. The topological polar surface area (TPSA) is 95.1 Å². The van der Waals surface area contributed by atoms with Crippen molar-refractivity contribution in [2.45, 2.75) is 103 Å². The second-order valence-electron chi connectivity index (χ2n) is 11.2. The Kier molecular flexibility index (Phi) is 13.8. The third-order valence-corrected chi connectivity index (χ3v) is 7.21. The van der Waals surface area contributed by atoms with Crippen molar-refractivity contribution in [3.05, 3.63) is 35.9 Å². The highest BCUT2D eigenvalue weighted by molar-refractivity contribution is 5.90. The summed E-state index contributed by atoms with van der Waals surface area (Å²) in [5, 5.41) is 3.50. The molecule has 2 atom stereocenters. The van der Waals surface area contributed by atoms with E-state index in [1.54, 1.807) is 13.0 Å². The van der Waals surface area contributed by atoms with E-state index < -0.39 is 6.29 Å². The zero-order chi connectivity index (χ0) is 27.9. The fourth-order valence-electron chi connectivity index (χ4n) is 5.06. The summed E-state index contributed by atoms with van der Waals surface area (Å²) in [7, 11) is 0. The highest BCUT2D eigenvalue weighted by atomic mass is 16.8. The normalized spacial score (nSPS) is 18.4. The Morgan fingerprint density at radius 3 is 2.36 bits per heavy atom. The minimum atomic E-state index is -0.514. The molecule has 2 aliphatic carbocycles. The minimum Gasteiger partial charge on any atom is -0.494 e. The van der Waals surface area contributed by atoms with Gasteiger partial charge >= 0.3 is 5.97 Å². The molecule has 3 rings (SSSR count). The number of hydrogen-bond acceptors (Lipinski definition) is 7. The lowest BCUT2D eigenvalue weighted by atomic mass is 9.84. The van der Waals surface area contributed by atoms with Crippen LogP contribution in [0.3, 0.4) is 0 Å². The molecule has 0 heterocycles. The Bertz CT molecular complexity index is 876. The molecule has 2 saturated carbocycles. The Morgan fingerprint density at radius 2 is 1.67 bits per heavy atom. The first-order valence-corrected chi connectivity index (χ1v) is 14.8. The molecule has 2 N–H and O–H groups in total. The van der Waals surface area contributed by atoms with Gasteiger partial charge in [0.1, 0.15) is 17.9 Å². The maximum absolute atomic E-state index is 13.0. The van der Waals surface area contributed by atoms with Crippen LogP contribution >= 0.6 is 0 Å². The molecule has 218 valence electrons. The number of amides is 1. The highest BCUT2D eigenvalue weighted by Crippen LogP contribution is 2.28. The molecule has 1 unspecified atom stereocenters. The van der Waals surface area contributed by atoms with Crippen molar-refractivity contribution in [1.29, 1.82) is 0 Å². The molecule has 8 nitrogen and oxygen atoms in total. The molecule has 0 aromatic heterocycles. The van der Waals surface area contributed by atoms with E-state index in [4.69, 9.17) is 19.0 Å². The first kappa shape index (κ1) is 31.1. The van der Waals surface area contributed by atoms with Gasteiger partial charge in [0.25, 0.3) is 5.91 Å². The third kappa shape index (κ3) is 12.1. The van der Waals surface area contributed by atoms with E-state index in [2.05, 4.69) is 10.8 Å². The van der Waals surface area contributed by atoms with Crippen LogP contribution < -0.4 is 15.5 Å². The number of ether oxygens (including phenoxy) is 3. The minimum absolute atomic E-state index is 0.0624. The summed E-state index contributed by atoms with van der Waals surface area (Å²) < 4.78 is 17.2. The van der Waals surface area contributed by atoms with Gasteiger partial charge in [0.15, 0.2) is 6.29 Å². The van der Waals surface area contributed by atoms with E-state index in [-0.39, 0.29) is 24.0 Å². The standard InChI is InChI=1S/C31H48N2O6/c1-23(2)22-37-24(3)39-33-29(34)19-16-25-14-17-27(18-15-25)36-21-9-20-32-30(26-10-5-4-6-11-26)31(35)38-28-12-7-8-13-28/h14-19,23-24,26,28,30,32H,4-13,20-22H2,1-3H3,(H,33,34)/b19-16+/t24?,30-/m0/s1. The summed E-state index contributed by atoms with van der Waals surface area (Å²) in [6, 6.07) is 7.34. The van der Waals surface area contributed by atoms with Gasteiger partial charge in [0.05, 0.1) is 13.2 Å². The number of rotatable bonds is 16. The van der Waals surface area contributed by atoms with Crippen molar-refractivity contribution in [3.63, 3.8) is 0 Å². The molecule has 2 fully saturated rings. The lowest BCUT2D eigenvalue weighted by molar-refractivity contribution is -0.180. The third-order valence-electron chi connectivity index (χ3n) is 7.21. The molecule has 2 aliphatic rings. The van der Waals surface area contributed by atoms with Crippen molar-refractivity contribution < 1.29 is 28.6 Å². The van der Waals surface area contributed by atoms with Gasteiger partial charge in [-0.15, -0.1) is 0 Å². The number of carbonyl (C=O) groups excluding carboxylic acids is 2. The zero-order valence-corrected chi connectivity index (χ0v) is 24.0. The number of hydrogen-bond donors (Lipinski definition) is 2. The first-order valence-electron chi connectivity index (χ1n) is 14.8. The first-order chi connectivity index (χ1) is 18.9. The lowest BCUT2D eigenvalue weighted by Crippen LogP contribution is -2.46. The van der Waals surface area contributed by atoms with Crippen LogP contribution in [0, 0.1) is 11.8 Å². The monoisotopic (exact) mass is 544 g/mol. The molecular formula is C31H48N2O6. The predicted molar refractivity (Wildman–Crippen MR) is 152 cm³/mol. The average Bonchev–Trinajstić information content (AvgIpc) is 3.45. The van der Waals surface area contributed by atoms with Crippen LogP contribution in [-0.4, -0.2) is 50.1 Å². The van der Waals surface area contributed by atoms with Crippen LogP contribution in [0.1, 0.15) is 90.5 Å². The highest BCUT2D eigenvalue weighted by Gasteiger charge is 2.32. The van der Waals surface area contributed by atoms with Crippen LogP contribution in [0.4, 0.5) is 0 Å². The van der Waals surface area contributed by atoms with Gasteiger partial charge in [0, 0.05) is 6.08 Å². The quantitative estimate of drug-likeness (QED) is 0.0925. The van der Waals surface area contributed by atoms with Gasteiger partial charge in [-0.2, -0.15) is 0 Å². The fourth-order valence-corrected chi connectivity index (χ4v) is 5.06. The Hall–Kier alpha value is -2.42. The molecule has 1 aromatic carbocycles. The largest absolute Gasteiger partial charge is 0.494 e. The van der Waals surface area contributed by atoms with Gasteiger partial charge in [-0.05, 0) is 94.0 Å². The van der Waals surface area contributed by atoms with E-state index in [1.165, 1.54) is 25.3 Å². The molecule has 0 aliphatic heterocycles. The molecule has 8 heteroatoms. The van der Waals surface area contributed by atoms with Crippen molar-refractivity contribution in [2.75, 3.05) is 19.8 Å². The number of esters is 1. The summed E-state index contributed by atoms with van der Waals surface area (Å²) in [5.74, 6) is 1.10. The van der Waals surface area contributed by atoms with Gasteiger partial charge in [-0.3, -0.25) is 9.59 Å². The summed E-state index contributed by atoms with van der Waals surface area (Å²) in [6.45, 7) is 7.66. The Balaban J connectivity index is 1.35. The molecule has 0 bridgehead atoms. The predicted octanol–water partition coefficient (Wildman–Crippen LogP) is 5.56. The summed E-state index contributed by atoms with van der Waals surface area (Å²) >= 11 is 0. The molecular weight excluding hydrogens is 496 g/mol. The SMILES string of the molecule is CC(C)COC(C)ONC(=O)/C=C/c1ccc(OCCCN[C@H](C(=O)OC2CCCC2)C2CCCCC2)cc1. The van der Waals surface area contributed by atoms with E-state index in [0.717, 1.165) is 56.3 Å². The van der Waals surface area contributed by atoms with Crippen molar-refractivity contribution in [1.82, 2.24) is 10.8 Å². The second-order valence-corrected chi connectivity index (χ2v) is 11.2. The molecule has 0 spiro atoms. The molecule has 1 aromatic rings. The zero-order valence-electron chi connectivity index (χ0n) is 24.0. The fraction of sp³-hybridized carbons (Fsp3) is 0.677. The van der Waals surface area contributed by atoms with Crippen LogP contribution in [0.25, 0.3) is 6.08 Å². The van der Waals surface area contributed by atoms with Gasteiger partial charge in [-0.25, -0.2) is 10.3 Å². The van der Waals surface area contributed by atoms with Crippen molar-refractivity contribution in [2.24, 2.45) is 11.8 Å². The maximum Gasteiger partial charge on any atom is 0.323 e. The number of nitrogens with one attached hydrogen (secondary N) is 2. The lowest BCUT2D eigenvalue weighted by Gasteiger charge is -2.30. The molecule has 39 heavy (non-hydrogen) atoms.